The first-order valence-electron chi connectivity index (χ1n) is 2.93. The molecule has 0 heterocycles. The van der Waals surface area contributed by atoms with Crippen molar-refractivity contribution >= 4 is 5.97 Å². The van der Waals surface area contributed by atoms with Crippen molar-refractivity contribution in [1.29, 1.82) is 0 Å². The van der Waals surface area contributed by atoms with E-state index >= 15 is 0 Å². The van der Waals surface area contributed by atoms with Crippen LogP contribution in [0.1, 0.15) is 20.3 Å². The molecule has 54 valence electrons. The molecule has 0 N–H and O–H groups in total. The minimum atomic E-state index is -0.587. The van der Waals surface area contributed by atoms with Gasteiger partial charge < -0.3 is 4.74 Å². The lowest BCUT2D eigenvalue weighted by Gasteiger charge is -2.09. The lowest BCUT2D eigenvalue weighted by molar-refractivity contribution is -0.147. The van der Waals surface area contributed by atoms with Gasteiger partial charge in [0.1, 0.15) is 12.8 Å². The topological polar surface area (TPSA) is 26.3 Å². The zero-order chi connectivity index (χ0) is 7.28. The predicted molar refractivity (Wildman–Crippen MR) is 31.8 cm³/mol. The van der Waals surface area contributed by atoms with Gasteiger partial charge in [-0.2, -0.15) is 0 Å². The minimum Gasteiger partial charge on any atom is -0.460 e. The van der Waals surface area contributed by atoms with E-state index in [-0.39, 0.29) is 0 Å². The Balaban J connectivity index is 3.43. The summed E-state index contributed by atoms with van der Waals surface area (Å²) in [5.41, 5.74) is 0. The normalized spacial score (nSPS) is 12.8. The molecule has 0 bridgehead atoms. The third kappa shape index (κ3) is 3.94. The van der Waals surface area contributed by atoms with Gasteiger partial charge in [0.15, 0.2) is 0 Å². The van der Waals surface area contributed by atoms with Gasteiger partial charge in [0.2, 0.25) is 0 Å². The van der Waals surface area contributed by atoms with E-state index in [1.54, 1.807) is 6.92 Å². The van der Waals surface area contributed by atoms with Crippen LogP contribution >= 0.6 is 0 Å². The number of carbonyl (C=O) groups is 1. The third-order valence-corrected chi connectivity index (χ3v) is 0.960. The number of hydrogen-bond acceptors (Lipinski definition) is 2. The molecule has 0 fully saturated rings. The van der Waals surface area contributed by atoms with E-state index in [2.05, 4.69) is 4.74 Å². The first-order valence-corrected chi connectivity index (χ1v) is 2.93. The van der Waals surface area contributed by atoms with Gasteiger partial charge in [-0.1, -0.05) is 6.92 Å². The average molecular weight is 134 g/mol. The average Bonchev–Trinajstić information content (AvgIpc) is 1.82. The summed E-state index contributed by atoms with van der Waals surface area (Å²) in [5, 5.41) is 0. The number of esters is 1. The van der Waals surface area contributed by atoms with Gasteiger partial charge >= 0.3 is 5.97 Å². The molecule has 0 rings (SSSR count). The zero-order valence-electron chi connectivity index (χ0n) is 5.69. The number of ether oxygens (including phenoxy) is 1. The molecule has 0 aliphatic heterocycles. The monoisotopic (exact) mass is 134 g/mol. The summed E-state index contributed by atoms with van der Waals surface area (Å²) < 4.78 is 16.3. The van der Waals surface area contributed by atoms with Gasteiger partial charge in [-0.15, -0.1) is 0 Å². The number of hydrogen-bond donors (Lipinski definition) is 0. The first kappa shape index (κ1) is 8.40. The highest BCUT2D eigenvalue weighted by atomic mass is 19.1. The van der Waals surface area contributed by atoms with Gasteiger partial charge in [-0.05, 0) is 6.42 Å². The fourth-order valence-electron chi connectivity index (χ4n) is 0.459. The van der Waals surface area contributed by atoms with Gasteiger partial charge in [-0.25, -0.2) is 4.39 Å². The number of halogens is 1. The summed E-state index contributed by atoms with van der Waals surface area (Å²) in [6.07, 6.45) is -0.00157. The van der Waals surface area contributed by atoms with Crippen LogP contribution in [0.2, 0.25) is 0 Å². The summed E-state index contributed by atoms with van der Waals surface area (Å²) in [4.78, 5) is 10.2. The van der Waals surface area contributed by atoms with Gasteiger partial charge in [0, 0.05) is 6.92 Å². The van der Waals surface area contributed by atoms with E-state index < -0.39 is 18.7 Å². The van der Waals surface area contributed by atoms with Crippen LogP contribution in [0.5, 0.6) is 0 Å². The molecule has 0 amide bonds. The molecule has 0 aromatic carbocycles. The second-order valence-corrected chi connectivity index (χ2v) is 1.79. The second-order valence-electron chi connectivity index (χ2n) is 1.79. The maximum Gasteiger partial charge on any atom is 0.302 e. The predicted octanol–water partition coefficient (Wildman–Crippen LogP) is 1.30. The number of rotatable bonds is 3. The Hall–Kier alpha value is -0.600. The first-order chi connectivity index (χ1) is 4.20. The van der Waals surface area contributed by atoms with Crippen molar-refractivity contribution in [2.75, 3.05) is 6.67 Å². The van der Waals surface area contributed by atoms with Crippen molar-refractivity contribution in [1.82, 2.24) is 0 Å². The molecular formula is C6H11FO2. The molecule has 0 radical (unpaired) electrons. The van der Waals surface area contributed by atoms with Gasteiger partial charge in [0.05, 0.1) is 0 Å². The molecule has 1 atom stereocenters. The Morgan fingerprint density at radius 2 is 2.33 bits per heavy atom. The highest BCUT2D eigenvalue weighted by Crippen LogP contribution is 1.97. The molecule has 0 aliphatic rings. The molecular weight excluding hydrogens is 123 g/mol. The number of carbonyl (C=O) groups excluding carboxylic acids is 1. The molecule has 0 saturated carbocycles. The third-order valence-electron chi connectivity index (χ3n) is 0.960. The summed E-state index contributed by atoms with van der Waals surface area (Å²) in [6.45, 7) is 2.46. The Labute approximate surface area is 54.0 Å². The highest BCUT2D eigenvalue weighted by molar-refractivity contribution is 5.66. The molecule has 0 aliphatic carbocycles. The molecule has 0 spiro atoms. The minimum absolute atomic E-state index is 0.417. The summed E-state index contributed by atoms with van der Waals surface area (Å²) in [6, 6.07) is 0. The Morgan fingerprint density at radius 1 is 1.78 bits per heavy atom. The molecule has 3 heteroatoms. The van der Waals surface area contributed by atoms with Gasteiger partial charge in [0.25, 0.3) is 0 Å². The maximum atomic E-state index is 11.7. The Morgan fingerprint density at radius 3 is 2.44 bits per heavy atom. The Bertz CT molecular complexity index is 89.1. The largest absolute Gasteiger partial charge is 0.460 e. The van der Waals surface area contributed by atoms with Crippen molar-refractivity contribution in [3.8, 4) is 0 Å². The van der Waals surface area contributed by atoms with E-state index in [1.165, 1.54) is 6.92 Å². The fourth-order valence-corrected chi connectivity index (χ4v) is 0.459. The van der Waals surface area contributed by atoms with E-state index in [9.17, 15) is 9.18 Å². The van der Waals surface area contributed by atoms with Crippen molar-refractivity contribution in [3.63, 3.8) is 0 Å². The van der Waals surface area contributed by atoms with Crippen LogP contribution in [0, 0.1) is 0 Å². The number of alkyl halides is 1. The lowest BCUT2D eigenvalue weighted by atomic mass is 10.3. The van der Waals surface area contributed by atoms with E-state index in [4.69, 9.17) is 0 Å². The van der Waals surface area contributed by atoms with Crippen LogP contribution in [-0.2, 0) is 9.53 Å². The van der Waals surface area contributed by atoms with Gasteiger partial charge in [-0.3, -0.25) is 4.79 Å². The van der Waals surface area contributed by atoms with E-state index in [1.807, 2.05) is 0 Å². The van der Waals surface area contributed by atoms with Crippen LogP contribution in [-0.4, -0.2) is 18.7 Å². The maximum absolute atomic E-state index is 11.7. The molecule has 0 aromatic rings. The van der Waals surface area contributed by atoms with Crippen molar-refractivity contribution in [2.45, 2.75) is 26.4 Å². The van der Waals surface area contributed by atoms with E-state index in [0.717, 1.165) is 0 Å². The van der Waals surface area contributed by atoms with Crippen LogP contribution < -0.4 is 0 Å². The van der Waals surface area contributed by atoms with Crippen LogP contribution in [0.3, 0.4) is 0 Å². The summed E-state index contributed by atoms with van der Waals surface area (Å²) in [5.74, 6) is -0.417. The smallest absolute Gasteiger partial charge is 0.302 e. The van der Waals surface area contributed by atoms with Crippen LogP contribution in [0.4, 0.5) is 4.39 Å². The van der Waals surface area contributed by atoms with E-state index in [0.29, 0.717) is 6.42 Å². The quantitative estimate of drug-likeness (QED) is 0.544. The SMILES string of the molecule is CCC(CF)OC(C)=O. The van der Waals surface area contributed by atoms with Crippen LogP contribution in [0.15, 0.2) is 0 Å². The molecule has 0 aromatic heterocycles. The summed E-state index contributed by atoms with van der Waals surface area (Å²) >= 11 is 0. The Kier molecular flexibility index (Phi) is 4.01. The van der Waals surface area contributed by atoms with Crippen LogP contribution in [0.25, 0.3) is 0 Å². The standard InChI is InChI=1S/C6H11FO2/c1-3-6(4-7)9-5(2)8/h6H,3-4H2,1-2H3. The molecule has 0 saturated heterocycles. The zero-order valence-corrected chi connectivity index (χ0v) is 5.69. The van der Waals surface area contributed by atoms with Crippen molar-refractivity contribution in [2.24, 2.45) is 0 Å². The second kappa shape index (κ2) is 4.30. The summed E-state index contributed by atoms with van der Waals surface area (Å²) in [7, 11) is 0. The lowest BCUT2D eigenvalue weighted by Crippen LogP contribution is -2.16. The molecule has 2 nitrogen and oxygen atoms in total. The molecule has 1 unspecified atom stereocenters. The fraction of sp³-hybridized carbons (Fsp3) is 0.833. The highest BCUT2D eigenvalue weighted by Gasteiger charge is 2.06. The van der Waals surface area contributed by atoms with Crippen molar-refractivity contribution < 1.29 is 13.9 Å². The van der Waals surface area contributed by atoms with Crippen molar-refractivity contribution in [3.05, 3.63) is 0 Å². The molecule has 9 heavy (non-hydrogen) atoms.